The lowest BCUT2D eigenvalue weighted by atomic mass is 10.1. The Morgan fingerprint density at radius 3 is 2.64 bits per heavy atom. The molecule has 33 heavy (non-hydrogen) atoms. The zero-order chi connectivity index (χ0) is 23.2. The second-order valence-corrected chi connectivity index (χ2v) is 7.99. The van der Waals surface area contributed by atoms with Crippen LogP contribution < -0.4 is 14.8 Å². The highest BCUT2D eigenvalue weighted by atomic mass is 16.5. The molecule has 3 aromatic carbocycles. The average molecular weight is 444 g/mol. The van der Waals surface area contributed by atoms with Gasteiger partial charge in [0.05, 0.1) is 30.3 Å². The van der Waals surface area contributed by atoms with Crippen molar-refractivity contribution in [2.24, 2.45) is 0 Å². The molecule has 6 nitrogen and oxygen atoms in total. The van der Waals surface area contributed by atoms with E-state index in [0.29, 0.717) is 37.4 Å². The summed E-state index contributed by atoms with van der Waals surface area (Å²) in [6.07, 6.45) is 0.610. The lowest BCUT2D eigenvalue weighted by Crippen LogP contribution is -2.27. The topological polar surface area (TPSA) is 65.4 Å². The van der Waals surface area contributed by atoms with Crippen molar-refractivity contribution in [1.29, 1.82) is 0 Å². The van der Waals surface area contributed by atoms with Gasteiger partial charge in [-0.2, -0.15) is 0 Å². The van der Waals surface area contributed by atoms with Gasteiger partial charge in [0, 0.05) is 13.0 Å². The molecule has 4 aromatic rings. The van der Waals surface area contributed by atoms with Crippen LogP contribution in [0.2, 0.25) is 0 Å². The van der Waals surface area contributed by atoms with Crippen molar-refractivity contribution in [3.8, 4) is 11.5 Å². The van der Waals surface area contributed by atoms with Crippen LogP contribution in [-0.4, -0.2) is 35.7 Å². The van der Waals surface area contributed by atoms with Gasteiger partial charge in [-0.3, -0.25) is 4.79 Å². The van der Waals surface area contributed by atoms with Gasteiger partial charge in [0.1, 0.15) is 23.9 Å². The summed E-state index contributed by atoms with van der Waals surface area (Å²) in [7, 11) is 1.56. The van der Waals surface area contributed by atoms with Gasteiger partial charge >= 0.3 is 0 Å². The van der Waals surface area contributed by atoms with Gasteiger partial charge in [-0.1, -0.05) is 36.4 Å². The summed E-state index contributed by atoms with van der Waals surface area (Å²) in [4.78, 5) is 17.4. The lowest BCUT2D eigenvalue weighted by molar-refractivity contribution is 0.0951. The van der Waals surface area contributed by atoms with E-state index in [1.54, 1.807) is 19.2 Å². The maximum atomic E-state index is 12.6. The van der Waals surface area contributed by atoms with Gasteiger partial charge in [0.15, 0.2) is 0 Å². The number of hydrogen-bond donors (Lipinski definition) is 1. The number of aryl methyl sites for hydroxylation is 2. The highest BCUT2D eigenvalue weighted by Gasteiger charge is 2.14. The monoisotopic (exact) mass is 443 g/mol. The fourth-order valence-corrected chi connectivity index (χ4v) is 3.89. The molecule has 1 heterocycles. The van der Waals surface area contributed by atoms with Crippen LogP contribution in [0, 0.1) is 13.8 Å². The van der Waals surface area contributed by atoms with E-state index in [9.17, 15) is 4.79 Å². The number of ether oxygens (including phenoxy) is 2. The maximum Gasteiger partial charge on any atom is 0.255 e. The second kappa shape index (κ2) is 10.2. The van der Waals surface area contributed by atoms with Crippen LogP contribution in [0.25, 0.3) is 11.0 Å². The number of carbonyl (C=O) groups excluding carboxylic acids is 1. The Kier molecular flexibility index (Phi) is 6.93. The van der Waals surface area contributed by atoms with Crippen LogP contribution in [0.5, 0.6) is 11.5 Å². The molecule has 0 saturated heterocycles. The first-order chi connectivity index (χ1) is 16.1. The van der Waals surface area contributed by atoms with Crippen LogP contribution in [0.15, 0.2) is 66.7 Å². The Morgan fingerprint density at radius 2 is 1.79 bits per heavy atom. The van der Waals surface area contributed by atoms with Gasteiger partial charge in [-0.15, -0.1) is 0 Å². The molecule has 0 spiro atoms. The number of benzene rings is 3. The van der Waals surface area contributed by atoms with E-state index in [-0.39, 0.29) is 5.91 Å². The standard InChI is InChI=1S/C27H29N3O3/c1-19-12-13-20(2)25(18-19)33-17-16-30-23-10-6-5-9-22(23)29-26(30)14-15-28-27(31)21-8-4-7-11-24(21)32-3/h4-13,18H,14-17H2,1-3H3,(H,28,31). The van der Waals surface area contributed by atoms with Gasteiger partial charge in [0.25, 0.3) is 5.91 Å². The molecule has 0 saturated carbocycles. The number of rotatable bonds is 9. The third-order valence-electron chi connectivity index (χ3n) is 5.64. The first-order valence-electron chi connectivity index (χ1n) is 11.1. The molecule has 0 aliphatic heterocycles. The summed E-state index contributed by atoms with van der Waals surface area (Å²) >= 11 is 0. The highest BCUT2D eigenvalue weighted by molar-refractivity contribution is 5.96. The summed E-state index contributed by atoms with van der Waals surface area (Å²) < 4.78 is 13.6. The quantitative estimate of drug-likeness (QED) is 0.407. The number of nitrogens with one attached hydrogen (secondary N) is 1. The Morgan fingerprint density at radius 1 is 1.00 bits per heavy atom. The number of hydrogen-bond acceptors (Lipinski definition) is 4. The molecule has 1 aromatic heterocycles. The van der Waals surface area contributed by atoms with Crippen molar-refractivity contribution in [3.05, 3.63) is 89.2 Å². The molecule has 4 rings (SSSR count). The smallest absolute Gasteiger partial charge is 0.255 e. The maximum absolute atomic E-state index is 12.6. The number of amides is 1. The van der Waals surface area contributed by atoms with Crippen LogP contribution >= 0.6 is 0 Å². The number of imidazole rings is 1. The van der Waals surface area contributed by atoms with E-state index in [1.165, 1.54) is 5.56 Å². The Bertz CT molecular complexity index is 1260. The average Bonchev–Trinajstić information content (AvgIpc) is 3.18. The van der Waals surface area contributed by atoms with Crippen molar-refractivity contribution >= 4 is 16.9 Å². The molecule has 6 heteroatoms. The first-order valence-corrected chi connectivity index (χ1v) is 11.1. The van der Waals surface area contributed by atoms with Crippen molar-refractivity contribution in [1.82, 2.24) is 14.9 Å². The number of aromatic nitrogens is 2. The first kappa shape index (κ1) is 22.4. The largest absolute Gasteiger partial charge is 0.496 e. The fourth-order valence-electron chi connectivity index (χ4n) is 3.89. The Hall–Kier alpha value is -3.80. The molecular weight excluding hydrogens is 414 g/mol. The van der Waals surface area contributed by atoms with Crippen LogP contribution in [0.4, 0.5) is 0 Å². The molecule has 1 N–H and O–H groups in total. The molecule has 0 fully saturated rings. The van der Waals surface area contributed by atoms with Crippen molar-refractivity contribution in [3.63, 3.8) is 0 Å². The lowest BCUT2D eigenvalue weighted by Gasteiger charge is -2.13. The number of fused-ring (bicyclic) bond motifs is 1. The fraction of sp³-hybridized carbons (Fsp3) is 0.259. The molecule has 0 unspecified atom stereocenters. The number of nitrogens with zero attached hydrogens (tertiary/aromatic N) is 2. The third kappa shape index (κ3) is 5.17. The molecule has 0 aliphatic carbocycles. The second-order valence-electron chi connectivity index (χ2n) is 7.99. The predicted octanol–water partition coefficient (Wildman–Crippen LogP) is 4.71. The minimum Gasteiger partial charge on any atom is -0.496 e. The molecule has 170 valence electrons. The molecule has 0 aliphatic rings. The van der Waals surface area contributed by atoms with Crippen LogP contribution in [-0.2, 0) is 13.0 Å². The van der Waals surface area contributed by atoms with Crippen LogP contribution in [0.1, 0.15) is 27.3 Å². The van der Waals surface area contributed by atoms with E-state index in [2.05, 4.69) is 48.0 Å². The summed E-state index contributed by atoms with van der Waals surface area (Å²) in [5.41, 5.74) is 4.82. The predicted molar refractivity (Wildman–Crippen MR) is 130 cm³/mol. The minimum atomic E-state index is -0.159. The molecule has 0 radical (unpaired) electrons. The summed E-state index contributed by atoms with van der Waals surface area (Å²) in [6.45, 7) is 5.79. The Labute approximate surface area is 194 Å². The van der Waals surface area contributed by atoms with Crippen molar-refractivity contribution < 1.29 is 14.3 Å². The van der Waals surface area contributed by atoms with Crippen molar-refractivity contribution in [2.75, 3.05) is 20.3 Å². The van der Waals surface area contributed by atoms with Gasteiger partial charge in [0.2, 0.25) is 0 Å². The molecule has 1 amide bonds. The number of methoxy groups -OCH3 is 1. The van der Waals surface area contributed by atoms with E-state index in [1.807, 2.05) is 30.3 Å². The zero-order valence-electron chi connectivity index (χ0n) is 19.3. The normalized spacial score (nSPS) is 10.9. The van der Waals surface area contributed by atoms with E-state index in [4.69, 9.17) is 14.5 Å². The molecule has 0 bridgehead atoms. The summed E-state index contributed by atoms with van der Waals surface area (Å²) in [5.74, 6) is 2.23. The number of para-hydroxylation sites is 3. The third-order valence-corrected chi connectivity index (χ3v) is 5.64. The number of carbonyl (C=O) groups is 1. The van der Waals surface area contributed by atoms with Gasteiger partial charge < -0.3 is 19.4 Å². The van der Waals surface area contributed by atoms with E-state index in [0.717, 1.165) is 28.2 Å². The zero-order valence-corrected chi connectivity index (χ0v) is 19.3. The Balaban J connectivity index is 1.44. The summed E-state index contributed by atoms with van der Waals surface area (Å²) in [5, 5.41) is 2.99. The SMILES string of the molecule is COc1ccccc1C(=O)NCCc1nc2ccccc2n1CCOc1cc(C)ccc1C. The highest BCUT2D eigenvalue weighted by Crippen LogP contribution is 2.21. The summed E-state index contributed by atoms with van der Waals surface area (Å²) in [6, 6.07) is 21.5. The molecule has 0 atom stereocenters. The van der Waals surface area contributed by atoms with Crippen LogP contribution in [0.3, 0.4) is 0 Å². The van der Waals surface area contributed by atoms with Gasteiger partial charge in [-0.05, 0) is 55.3 Å². The minimum absolute atomic E-state index is 0.159. The van der Waals surface area contributed by atoms with E-state index < -0.39 is 0 Å². The van der Waals surface area contributed by atoms with E-state index >= 15 is 0 Å². The van der Waals surface area contributed by atoms with Crippen molar-refractivity contribution in [2.45, 2.75) is 26.8 Å². The van der Waals surface area contributed by atoms with Gasteiger partial charge in [-0.25, -0.2) is 4.98 Å². The molecular formula is C27H29N3O3.